The Labute approximate surface area is 173 Å². The molecule has 0 spiro atoms. The van der Waals surface area contributed by atoms with E-state index in [0.717, 1.165) is 19.4 Å². The molecule has 0 bridgehead atoms. The number of aromatic nitrogens is 2. The monoisotopic (exact) mass is 418 g/mol. The minimum absolute atomic E-state index is 0.102. The van der Waals surface area contributed by atoms with Gasteiger partial charge in [0.1, 0.15) is 0 Å². The zero-order valence-corrected chi connectivity index (χ0v) is 17.0. The lowest BCUT2D eigenvalue weighted by Crippen LogP contribution is -2.48. The van der Waals surface area contributed by atoms with Crippen molar-refractivity contribution in [1.82, 2.24) is 15.3 Å². The van der Waals surface area contributed by atoms with Crippen LogP contribution in [0.25, 0.3) is 11.3 Å². The van der Waals surface area contributed by atoms with E-state index in [0.29, 0.717) is 34.0 Å². The van der Waals surface area contributed by atoms with Crippen LogP contribution in [0.3, 0.4) is 0 Å². The average molecular weight is 419 g/mol. The van der Waals surface area contributed by atoms with Crippen molar-refractivity contribution in [1.29, 1.82) is 0 Å². The summed E-state index contributed by atoms with van der Waals surface area (Å²) in [5, 5.41) is 11.5. The van der Waals surface area contributed by atoms with Crippen molar-refractivity contribution < 1.29 is 19.4 Å². The zero-order valence-electron chi connectivity index (χ0n) is 16.2. The number of aliphatic hydroxyl groups is 1. The van der Waals surface area contributed by atoms with Crippen LogP contribution in [0.2, 0.25) is 5.02 Å². The lowest BCUT2D eigenvalue weighted by atomic mass is 9.77. The molecule has 0 aliphatic carbocycles. The number of carbonyl (C=O) groups excluding carboxylic acids is 2. The van der Waals surface area contributed by atoms with Gasteiger partial charge in [-0.1, -0.05) is 17.7 Å². The number of nitrogen functional groups attached to an aromatic ring is 1. The molecule has 3 heterocycles. The van der Waals surface area contributed by atoms with Gasteiger partial charge < -0.3 is 15.6 Å². The van der Waals surface area contributed by atoms with Gasteiger partial charge in [-0.05, 0) is 44.4 Å². The van der Waals surface area contributed by atoms with Crippen LogP contribution < -0.4 is 11.1 Å². The van der Waals surface area contributed by atoms with Gasteiger partial charge >= 0.3 is 0 Å². The molecule has 2 aliphatic rings. The number of ether oxygens (including phenoxy) is 1. The number of fused-ring (bicyclic) bond motifs is 1. The van der Waals surface area contributed by atoms with Crippen molar-refractivity contribution in [3.05, 3.63) is 40.5 Å². The molecule has 4 N–H and O–H groups in total. The zero-order chi connectivity index (χ0) is 21.2. The number of anilines is 1. The fourth-order valence-electron chi connectivity index (χ4n) is 3.16. The number of halogens is 1. The number of imide groups is 1. The number of carbonyl (C=O) groups is 2. The van der Waals surface area contributed by atoms with Crippen LogP contribution in [0.5, 0.6) is 0 Å². The van der Waals surface area contributed by atoms with Gasteiger partial charge in [0, 0.05) is 17.7 Å². The van der Waals surface area contributed by atoms with E-state index < -0.39 is 11.3 Å². The molecule has 29 heavy (non-hydrogen) atoms. The molecule has 9 heteroatoms. The summed E-state index contributed by atoms with van der Waals surface area (Å²) in [6.07, 6.45) is 3.16. The summed E-state index contributed by atoms with van der Waals surface area (Å²) in [6.45, 7) is 4.89. The summed E-state index contributed by atoms with van der Waals surface area (Å²) in [6, 6.07) is 5.13. The highest BCUT2D eigenvalue weighted by Crippen LogP contribution is 2.35. The summed E-state index contributed by atoms with van der Waals surface area (Å²) >= 11 is 6.12. The maximum atomic E-state index is 12.1. The molecule has 1 unspecified atom stereocenters. The maximum Gasteiger partial charge on any atom is 0.258 e. The number of nitrogens with two attached hydrogens (primary N) is 1. The topological polar surface area (TPSA) is 127 Å². The van der Waals surface area contributed by atoms with E-state index in [2.05, 4.69) is 15.3 Å². The average Bonchev–Trinajstić information content (AvgIpc) is 2.69. The SMILES string of the molecule is CC1(C)C(=O)NC(=O)c2ccc(-c3nc(N)ncc3Cl)cc21.OC1CCCOC1. The van der Waals surface area contributed by atoms with E-state index in [9.17, 15) is 9.59 Å². The molecular formula is C20H23ClN4O4. The number of rotatable bonds is 1. The fraction of sp³-hybridized carbons (Fsp3) is 0.400. The van der Waals surface area contributed by atoms with Crippen LogP contribution in [-0.2, 0) is 14.9 Å². The van der Waals surface area contributed by atoms with Gasteiger partial charge in [0.25, 0.3) is 5.91 Å². The lowest BCUT2D eigenvalue weighted by Gasteiger charge is -2.30. The Bertz CT molecular complexity index is 942. The highest BCUT2D eigenvalue weighted by molar-refractivity contribution is 6.33. The minimum atomic E-state index is -0.829. The van der Waals surface area contributed by atoms with Crippen molar-refractivity contribution in [3.63, 3.8) is 0 Å². The second-order valence-electron chi connectivity index (χ2n) is 7.46. The van der Waals surface area contributed by atoms with Gasteiger partial charge in [-0.15, -0.1) is 0 Å². The van der Waals surface area contributed by atoms with Crippen LogP contribution in [-0.4, -0.2) is 46.2 Å². The number of hydrogen-bond acceptors (Lipinski definition) is 7. The van der Waals surface area contributed by atoms with Crippen molar-refractivity contribution in [2.24, 2.45) is 0 Å². The van der Waals surface area contributed by atoms with Crippen LogP contribution in [0.4, 0.5) is 5.95 Å². The number of hydrogen-bond donors (Lipinski definition) is 3. The van der Waals surface area contributed by atoms with Crippen LogP contribution in [0.15, 0.2) is 24.4 Å². The molecule has 4 rings (SSSR count). The minimum Gasteiger partial charge on any atom is -0.391 e. The Kier molecular flexibility index (Phi) is 6.16. The highest BCUT2D eigenvalue weighted by atomic mass is 35.5. The normalized spacial score (nSPS) is 20.2. The number of nitrogens with zero attached hydrogens (tertiary/aromatic N) is 2. The first-order valence-corrected chi connectivity index (χ1v) is 9.62. The number of nitrogens with one attached hydrogen (secondary N) is 1. The molecule has 2 aliphatic heterocycles. The third-order valence-electron chi connectivity index (χ3n) is 4.90. The second-order valence-corrected chi connectivity index (χ2v) is 7.87. The van der Waals surface area contributed by atoms with Crippen molar-refractivity contribution in [2.75, 3.05) is 18.9 Å². The maximum absolute atomic E-state index is 12.1. The molecule has 1 aromatic carbocycles. The standard InChI is InChI=1S/C15H13ClN4O2.C5H10O2/c1-15(2)9-5-7(11-10(16)6-18-14(17)19-11)3-4-8(9)12(21)20-13(15)22;6-5-2-1-3-7-4-5/h3-6H,1-2H3,(H2,17,18,19)(H,20,21,22);5-6H,1-4H2. The van der Waals surface area contributed by atoms with Crippen molar-refractivity contribution >= 4 is 29.4 Å². The van der Waals surface area contributed by atoms with Crippen LogP contribution in [0, 0.1) is 0 Å². The third kappa shape index (κ3) is 4.55. The Morgan fingerprint density at radius 3 is 2.72 bits per heavy atom. The number of aliphatic hydroxyl groups excluding tert-OH is 1. The van der Waals surface area contributed by atoms with Crippen LogP contribution >= 0.6 is 11.6 Å². The van der Waals surface area contributed by atoms with E-state index in [-0.39, 0.29) is 18.0 Å². The fourth-order valence-corrected chi connectivity index (χ4v) is 3.36. The van der Waals surface area contributed by atoms with E-state index in [4.69, 9.17) is 27.2 Å². The lowest BCUT2D eigenvalue weighted by molar-refractivity contribution is -0.125. The smallest absolute Gasteiger partial charge is 0.258 e. The predicted octanol–water partition coefficient (Wildman–Crippen LogP) is 2.08. The van der Waals surface area contributed by atoms with E-state index >= 15 is 0 Å². The van der Waals surface area contributed by atoms with Gasteiger partial charge in [-0.2, -0.15) is 0 Å². The number of amides is 2. The highest BCUT2D eigenvalue weighted by Gasteiger charge is 2.39. The first kappa shape index (κ1) is 21.2. The van der Waals surface area contributed by atoms with Crippen LogP contribution in [0.1, 0.15) is 42.6 Å². The Morgan fingerprint density at radius 2 is 2.10 bits per heavy atom. The molecule has 2 aromatic rings. The Balaban J connectivity index is 0.000000290. The molecule has 0 saturated carbocycles. The van der Waals surface area contributed by atoms with Gasteiger partial charge in [-0.25, -0.2) is 9.97 Å². The summed E-state index contributed by atoms with van der Waals surface area (Å²) in [7, 11) is 0. The third-order valence-corrected chi connectivity index (χ3v) is 5.18. The molecule has 1 fully saturated rings. The second kappa shape index (κ2) is 8.44. The van der Waals surface area contributed by atoms with Gasteiger partial charge in [-0.3, -0.25) is 14.9 Å². The van der Waals surface area contributed by atoms with Crippen molar-refractivity contribution in [3.8, 4) is 11.3 Å². The Morgan fingerprint density at radius 1 is 1.34 bits per heavy atom. The number of benzene rings is 1. The molecule has 0 radical (unpaired) electrons. The van der Waals surface area contributed by atoms with Gasteiger partial charge in [0.05, 0.1) is 35.0 Å². The van der Waals surface area contributed by atoms with E-state index in [1.165, 1.54) is 6.20 Å². The van der Waals surface area contributed by atoms with E-state index in [1.807, 2.05) is 0 Å². The molecular weight excluding hydrogens is 396 g/mol. The molecule has 1 aromatic heterocycles. The molecule has 8 nitrogen and oxygen atoms in total. The van der Waals surface area contributed by atoms with Gasteiger partial charge in [0.2, 0.25) is 11.9 Å². The molecule has 2 amide bonds. The molecule has 1 saturated heterocycles. The molecule has 154 valence electrons. The summed E-state index contributed by atoms with van der Waals surface area (Å²) in [4.78, 5) is 32.0. The first-order chi connectivity index (χ1) is 13.7. The quantitative estimate of drug-likeness (QED) is 0.605. The van der Waals surface area contributed by atoms with Gasteiger partial charge in [0.15, 0.2) is 0 Å². The first-order valence-electron chi connectivity index (χ1n) is 9.24. The van der Waals surface area contributed by atoms with E-state index in [1.54, 1.807) is 32.0 Å². The molecule has 1 atom stereocenters. The van der Waals surface area contributed by atoms with Crippen molar-refractivity contribution in [2.45, 2.75) is 38.2 Å². The summed E-state index contributed by atoms with van der Waals surface area (Å²) in [5.41, 5.74) is 7.01. The summed E-state index contributed by atoms with van der Waals surface area (Å²) in [5.74, 6) is -0.639. The Hall–Kier alpha value is -2.55. The summed E-state index contributed by atoms with van der Waals surface area (Å²) < 4.78 is 4.93. The largest absolute Gasteiger partial charge is 0.391 e. The predicted molar refractivity (Wildman–Crippen MR) is 108 cm³/mol.